The fourth-order valence-electron chi connectivity index (χ4n) is 1.38. The fraction of sp³-hybridized carbons (Fsp3) is 0. The van der Waals surface area contributed by atoms with Gasteiger partial charge in [0.25, 0.3) is 0 Å². The van der Waals surface area contributed by atoms with Crippen molar-refractivity contribution in [1.82, 2.24) is 0 Å². The first-order valence-electron chi connectivity index (χ1n) is 4.83. The van der Waals surface area contributed by atoms with Gasteiger partial charge in [-0.05, 0) is 30.3 Å². The largest absolute Gasteiger partial charge is 0.397 e. The van der Waals surface area contributed by atoms with E-state index in [-0.39, 0.29) is 5.69 Å². The third-order valence-corrected chi connectivity index (χ3v) is 2.45. The summed E-state index contributed by atoms with van der Waals surface area (Å²) in [5.74, 6) is -1.10. The highest BCUT2D eigenvalue weighted by molar-refractivity contribution is 6.31. The van der Waals surface area contributed by atoms with Crippen molar-refractivity contribution in [3.63, 3.8) is 0 Å². The molecule has 2 aromatic carbocycles. The number of rotatable bonds is 2. The van der Waals surface area contributed by atoms with Crippen LogP contribution in [0.15, 0.2) is 36.4 Å². The van der Waals surface area contributed by atoms with Crippen LogP contribution in [0.25, 0.3) is 0 Å². The molecule has 0 bridgehead atoms. The highest BCUT2D eigenvalue weighted by Crippen LogP contribution is 2.28. The van der Waals surface area contributed by atoms with Crippen molar-refractivity contribution < 1.29 is 8.78 Å². The molecule has 5 heteroatoms. The van der Waals surface area contributed by atoms with Crippen LogP contribution < -0.4 is 11.1 Å². The molecule has 0 atom stereocenters. The van der Waals surface area contributed by atoms with E-state index in [1.165, 1.54) is 0 Å². The maximum atomic E-state index is 13.4. The first-order chi connectivity index (χ1) is 8.06. The first-order valence-corrected chi connectivity index (χ1v) is 5.21. The van der Waals surface area contributed by atoms with E-state index < -0.39 is 11.6 Å². The van der Waals surface area contributed by atoms with Gasteiger partial charge in [-0.25, -0.2) is 8.78 Å². The molecule has 0 unspecified atom stereocenters. The quantitative estimate of drug-likeness (QED) is 0.797. The van der Waals surface area contributed by atoms with Crippen molar-refractivity contribution in [2.24, 2.45) is 0 Å². The number of anilines is 3. The monoisotopic (exact) mass is 254 g/mol. The van der Waals surface area contributed by atoms with Gasteiger partial charge in [0.05, 0.1) is 17.1 Å². The molecule has 0 amide bonds. The Morgan fingerprint density at radius 3 is 2.53 bits per heavy atom. The normalized spacial score (nSPS) is 10.3. The number of nitrogen functional groups attached to an aromatic ring is 1. The van der Waals surface area contributed by atoms with Crippen LogP contribution in [0.4, 0.5) is 25.8 Å². The van der Waals surface area contributed by atoms with Crippen LogP contribution >= 0.6 is 11.6 Å². The second-order valence-corrected chi connectivity index (χ2v) is 3.92. The lowest BCUT2D eigenvalue weighted by Gasteiger charge is -2.10. The summed E-state index contributed by atoms with van der Waals surface area (Å²) in [6.45, 7) is 0. The molecule has 2 aromatic rings. The Bertz CT molecular complexity index is 509. The highest BCUT2D eigenvalue weighted by Gasteiger charge is 2.06. The molecule has 0 aromatic heterocycles. The number of nitrogens with two attached hydrogens (primary N) is 1. The molecule has 0 heterocycles. The summed E-state index contributed by atoms with van der Waals surface area (Å²) in [4.78, 5) is 0. The number of benzene rings is 2. The third-order valence-electron chi connectivity index (χ3n) is 2.21. The Morgan fingerprint density at radius 1 is 1.00 bits per heavy atom. The van der Waals surface area contributed by atoms with Gasteiger partial charge in [0, 0.05) is 11.1 Å². The number of halogens is 3. The van der Waals surface area contributed by atoms with E-state index in [0.29, 0.717) is 16.4 Å². The summed E-state index contributed by atoms with van der Waals surface area (Å²) in [7, 11) is 0. The summed E-state index contributed by atoms with van der Waals surface area (Å²) >= 11 is 5.79. The van der Waals surface area contributed by atoms with Gasteiger partial charge in [-0.1, -0.05) is 11.6 Å². The minimum atomic E-state index is -0.564. The van der Waals surface area contributed by atoms with Gasteiger partial charge in [-0.2, -0.15) is 0 Å². The lowest BCUT2D eigenvalue weighted by Crippen LogP contribution is -1.98. The van der Waals surface area contributed by atoms with Gasteiger partial charge in [-0.15, -0.1) is 0 Å². The van der Waals surface area contributed by atoms with E-state index in [9.17, 15) is 8.78 Å². The van der Waals surface area contributed by atoms with Gasteiger partial charge in [0.15, 0.2) is 0 Å². The van der Waals surface area contributed by atoms with Crippen LogP contribution in [0.1, 0.15) is 0 Å². The fourth-order valence-corrected chi connectivity index (χ4v) is 1.55. The minimum absolute atomic E-state index is 0.0129. The van der Waals surface area contributed by atoms with Crippen LogP contribution in [0, 0.1) is 11.6 Å². The predicted octanol–water partition coefficient (Wildman–Crippen LogP) is 3.94. The maximum Gasteiger partial charge on any atom is 0.146 e. The smallest absolute Gasteiger partial charge is 0.146 e. The highest BCUT2D eigenvalue weighted by atomic mass is 35.5. The van der Waals surface area contributed by atoms with E-state index in [4.69, 9.17) is 17.3 Å². The summed E-state index contributed by atoms with van der Waals surface area (Å²) < 4.78 is 26.4. The van der Waals surface area contributed by atoms with Crippen LogP contribution in [0.5, 0.6) is 0 Å². The van der Waals surface area contributed by atoms with E-state index in [0.717, 1.165) is 18.2 Å². The van der Waals surface area contributed by atoms with E-state index in [1.54, 1.807) is 18.2 Å². The molecule has 0 saturated carbocycles. The second kappa shape index (κ2) is 4.59. The van der Waals surface area contributed by atoms with Gasteiger partial charge in [0.2, 0.25) is 0 Å². The topological polar surface area (TPSA) is 38.0 Å². The Hall–Kier alpha value is -1.81. The lowest BCUT2D eigenvalue weighted by molar-refractivity contribution is 0.603. The maximum absolute atomic E-state index is 13.4. The zero-order valence-corrected chi connectivity index (χ0v) is 9.43. The van der Waals surface area contributed by atoms with Gasteiger partial charge >= 0.3 is 0 Å². The average molecular weight is 255 g/mol. The molecule has 3 N–H and O–H groups in total. The molecule has 0 fully saturated rings. The summed E-state index contributed by atoms with van der Waals surface area (Å²) in [6, 6.07) is 7.88. The molecule has 0 saturated heterocycles. The molecule has 2 nitrogen and oxygen atoms in total. The predicted molar refractivity (Wildman–Crippen MR) is 65.5 cm³/mol. The molecule has 0 radical (unpaired) electrons. The zero-order valence-electron chi connectivity index (χ0n) is 8.68. The van der Waals surface area contributed by atoms with Gasteiger partial charge in [-0.3, -0.25) is 0 Å². The van der Waals surface area contributed by atoms with E-state index in [1.807, 2.05) is 0 Å². The number of hydrogen-bond acceptors (Lipinski definition) is 2. The molecule has 0 aliphatic carbocycles. The summed E-state index contributed by atoms with van der Waals surface area (Å²) in [6.07, 6.45) is 0. The van der Waals surface area contributed by atoms with Gasteiger partial charge in [0.1, 0.15) is 11.6 Å². The van der Waals surface area contributed by atoms with E-state index in [2.05, 4.69) is 5.32 Å². The third kappa shape index (κ3) is 2.65. The Balaban J connectivity index is 2.37. The summed E-state index contributed by atoms with van der Waals surface area (Å²) in [5, 5.41) is 3.15. The molecule has 2 rings (SSSR count). The Labute approximate surface area is 102 Å². The van der Waals surface area contributed by atoms with Crippen molar-refractivity contribution >= 4 is 28.7 Å². The van der Waals surface area contributed by atoms with E-state index >= 15 is 0 Å². The van der Waals surface area contributed by atoms with Crippen molar-refractivity contribution in [2.75, 3.05) is 11.1 Å². The number of hydrogen-bond donors (Lipinski definition) is 2. The molecule has 0 aliphatic rings. The Kier molecular flexibility index (Phi) is 3.15. The SMILES string of the molecule is Nc1ccc(Cl)cc1Nc1cc(F)ccc1F. The van der Waals surface area contributed by atoms with Crippen molar-refractivity contribution in [1.29, 1.82) is 0 Å². The molecular weight excluding hydrogens is 246 g/mol. The molecule has 0 spiro atoms. The minimum Gasteiger partial charge on any atom is -0.397 e. The van der Waals surface area contributed by atoms with Crippen molar-refractivity contribution in [3.05, 3.63) is 53.1 Å². The zero-order chi connectivity index (χ0) is 12.4. The second-order valence-electron chi connectivity index (χ2n) is 3.48. The van der Waals surface area contributed by atoms with Crippen molar-refractivity contribution in [3.8, 4) is 0 Å². The van der Waals surface area contributed by atoms with Crippen molar-refractivity contribution in [2.45, 2.75) is 0 Å². The van der Waals surface area contributed by atoms with Crippen LogP contribution in [-0.4, -0.2) is 0 Å². The first kappa shape index (κ1) is 11.7. The number of nitrogens with one attached hydrogen (secondary N) is 1. The molecular formula is C12H9ClF2N2. The average Bonchev–Trinajstić information content (AvgIpc) is 2.28. The van der Waals surface area contributed by atoms with Gasteiger partial charge < -0.3 is 11.1 Å². The molecule has 88 valence electrons. The molecule has 0 aliphatic heterocycles. The summed E-state index contributed by atoms with van der Waals surface area (Å²) in [5.41, 5.74) is 6.53. The Morgan fingerprint density at radius 2 is 1.76 bits per heavy atom. The lowest BCUT2D eigenvalue weighted by atomic mass is 10.2. The van der Waals surface area contributed by atoms with Crippen LogP contribution in [0.3, 0.4) is 0 Å². The standard InChI is InChI=1S/C12H9ClF2N2/c13-7-1-4-10(16)12(5-7)17-11-6-8(14)2-3-9(11)15/h1-6,17H,16H2. The van der Waals surface area contributed by atoms with Crippen LogP contribution in [0.2, 0.25) is 5.02 Å². The molecule has 17 heavy (non-hydrogen) atoms. The van der Waals surface area contributed by atoms with Crippen LogP contribution in [-0.2, 0) is 0 Å².